The van der Waals surface area contributed by atoms with E-state index in [2.05, 4.69) is 32.7 Å². The van der Waals surface area contributed by atoms with Crippen LogP contribution in [0.15, 0.2) is 89.8 Å². The standard InChI is InChI=1S/C28H27N5O2S/c1-21-14-15-23-10-7-13-26(27(23)29-21)36(34,35)32-18-16-31(17-19-32)28-30-24-11-5-6-12-25(24)33(28)20-22-8-3-2-4-9-22/h2-15H,16-20H2,1H3. The second kappa shape index (κ2) is 9.04. The van der Waals surface area contributed by atoms with Crippen molar-refractivity contribution in [3.63, 3.8) is 0 Å². The van der Waals surface area contributed by atoms with E-state index in [-0.39, 0.29) is 4.90 Å². The maximum atomic E-state index is 13.7. The summed E-state index contributed by atoms with van der Waals surface area (Å²) < 4.78 is 31.1. The Morgan fingerprint density at radius 1 is 0.778 bits per heavy atom. The first-order chi connectivity index (χ1) is 17.5. The zero-order valence-corrected chi connectivity index (χ0v) is 20.9. The molecule has 7 nitrogen and oxygen atoms in total. The minimum atomic E-state index is -3.68. The molecule has 0 atom stereocenters. The van der Waals surface area contributed by atoms with Crippen LogP contribution < -0.4 is 4.90 Å². The molecule has 0 amide bonds. The highest BCUT2D eigenvalue weighted by molar-refractivity contribution is 7.89. The molecule has 1 aliphatic heterocycles. The molecular formula is C28H27N5O2S. The maximum absolute atomic E-state index is 13.7. The molecule has 0 spiro atoms. The Morgan fingerprint density at radius 3 is 2.33 bits per heavy atom. The lowest BCUT2D eigenvalue weighted by atomic mass is 10.2. The number of imidazole rings is 1. The molecule has 0 aliphatic carbocycles. The average Bonchev–Trinajstić information content (AvgIpc) is 3.27. The summed E-state index contributed by atoms with van der Waals surface area (Å²) in [5.41, 5.74) is 4.54. The van der Waals surface area contributed by atoms with Crippen LogP contribution in [0.3, 0.4) is 0 Å². The predicted octanol–water partition coefficient (Wildman–Crippen LogP) is 4.45. The van der Waals surface area contributed by atoms with E-state index in [1.54, 1.807) is 16.4 Å². The molecule has 1 aliphatic rings. The molecule has 2 aromatic heterocycles. The van der Waals surface area contributed by atoms with Gasteiger partial charge >= 0.3 is 0 Å². The van der Waals surface area contributed by atoms with Crippen LogP contribution in [-0.4, -0.2) is 53.4 Å². The highest BCUT2D eigenvalue weighted by atomic mass is 32.2. The van der Waals surface area contributed by atoms with Crippen molar-refractivity contribution in [3.05, 3.63) is 96.2 Å². The van der Waals surface area contributed by atoms with Gasteiger partial charge in [0, 0.05) is 37.3 Å². The van der Waals surface area contributed by atoms with E-state index in [1.165, 1.54) is 5.56 Å². The third-order valence-corrected chi connectivity index (χ3v) is 8.71. The summed E-state index contributed by atoms with van der Waals surface area (Å²) in [6.07, 6.45) is 0. The lowest BCUT2D eigenvalue weighted by Crippen LogP contribution is -2.49. The van der Waals surface area contributed by atoms with E-state index in [1.807, 2.05) is 61.5 Å². The van der Waals surface area contributed by atoms with Gasteiger partial charge in [-0.15, -0.1) is 0 Å². The first-order valence-corrected chi connectivity index (χ1v) is 13.6. The average molecular weight is 498 g/mol. The van der Waals surface area contributed by atoms with Crippen molar-refractivity contribution in [2.75, 3.05) is 31.1 Å². The van der Waals surface area contributed by atoms with Crippen molar-refractivity contribution >= 4 is 37.9 Å². The Morgan fingerprint density at radius 2 is 1.53 bits per heavy atom. The molecule has 0 unspecified atom stereocenters. The van der Waals surface area contributed by atoms with Crippen LogP contribution in [0.25, 0.3) is 21.9 Å². The van der Waals surface area contributed by atoms with Gasteiger partial charge in [-0.25, -0.2) is 13.4 Å². The van der Waals surface area contributed by atoms with Crippen molar-refractivity contribution in [1.29, 1.82) is 0 Å². The number of rotatable bonds is 5. The molecule has 3 aromatic carbocycles. The van der Waals surface area contributed by atoms with Crippen molar-refractivity contribution in [2.24, 2.45) is 0 Å². The molecule has 3 heterocycles. The SMILES string of the molecule is Cc1ccc2cccc(S(=O)(=O)N3CCN(c4nc5ccccc5n4Cc4ccccc4)CC3)c2n1. The summed E-state index contributed by atoms with van der Waals surface area (Å²) in [6, 6.07) is 27.6. The van der Waals surface area contributed by atoms with Gasteiger partial charge < -0.3 is 9.47 Å². The van der Waals surface area contributed by atoms with Crippen molar-refractivity contribution < 1.29 is 8.42 Å². The molecule has 8 heteroatoms. The van der Waals surface area contributed by atoms with Gasteiger partial charge in [-0.2, -0.15) is 4.31 Å². The van der Waals surface area contributed by atoms with Gasteiger partial charge in [0.15, 0.2) is 0 Å². The number of anilines is 1. The van der Waals surface area contributed by atoms with Crippen LogP contribution >= 0.6 is 0 Å². The summed E-state index contributed by atoms with van der Waals surface area (Å²) in [5.74, 6) is 0.875. The highest BCUT2D eigenvalue weighted by Gasteiger charge is 2.31. The van der Waals surface area contributed by atoms with Crippen LogP contribution in [0.5, 0.6) is 0 Å². The third kappa shape index (κ3) is 4.02. The largest absolute Gasteiger partial charge is 0.340 e. The zero-order valence-electron chi connectivity index (χ0n) is 20.1. The maximum Gasteiger partial charge on any atom is 0.245 e. The Balaban J connectivity index is 1.29. The van der Waals surface area contributed by atoms with Gasteiger partial charge in [0.25, 0.3) is 0 Å². The summed E-state index contributed by atoms with van der Waals surface area (Å²) >= 11 is 0. The summed E-state index contributed by atoms with van der Waals surface area (Å²) in [6.45, 7) is 4.49. The Hall–Kier alpha value is -3.75. The van der Waals surface area contributed by atoms with E-state index in [0.717, 1.165) is 28.1 Å². The Labute approximate surface area is 210 Å². The van der Waals surface area contributed by atoms with E-state index < -0.39 is 10.0 Å². The van der Waals surface area contributed by atoms with Crippen LogP contribution in [0, 0.1) is 6.92 Å². The van der Waals surface area contributed by atoms with E-state index >= 15 is 0 Å². The molecule has 5 aromatic rings. The number of aryl methyl sites for hydroxylation is 1. The van der Waals surface area contributed by atoms with E-state index in [4.69, 9.17) is 4.98 Å². The van der Waals surface area contributed by atoms with Gasteiger partial charge in [0.05, 0.1) is 23.1 Å². The topological polar surface area (TPSA) is 71.3 Å². The predicted molar refractivity (Wildman–Crippen MR) is 143 cm³/mol. The minimum Gasteiger partial charge on any atom is -0.340 e. The lowest BCUT2D eigenvalue weighted by molar-refractivity contribution is 0.381. The lowest BCUT2D eigenvalue weighted by Gasteiger charge is -2.35. The molecule has 1 fully saturated rings. The van der Waals surface area contributed by atoms with Gasteiger partial charge in [0.2, 0.25) is 16.0 Å². The molecule has 0 saturated carbocycles. The number of hydrogen-bond acceptors (Lipinski definition) is 5. The molecule has 6 rings (SSSR count). The molecule has 0 radical (unpaired) electrons. The monoisotopic (exact) mass is 497 g/mol. The first-order valence-electron chi connectivity index (χ1n) is 12.1. The number of fused-ring (bicyclic) bond motifs is 2. The van der Waals surface area contributed by atoms with Crippen molar-refractivity contribution in [1.82, 2.24) is 18.8 Å². The van der Waals surface area contributed by atoms with Gasteiger partial charge in [-0.1, -0.05) is 60.7 Å². The molecule has 1 saturated heterocycles. The summed E-state index contributed by atoms with van der Waals surface area (Å²) in [4.78, 5) is 12.0. The molecule has 36 heavy (non-hydrogen) atoms. The molecule has 0 bridgehead atoms. The quantitative estimate of drug-likeness (QED) is 0.359. The fraction of sp³-hybridized carbons (Fsp3) is 0.214. The Bertz CT molecular complexity index is 1660. The van der Waals surface area contributed by atoms with Crippen LogP contribution in [0.2, 0.25) is 0 Å². The number of para-hydroxylation sites is 3. The van der Waals surface area contributed by atoms with Crippen molar-refractivity contribution in [2.45, 2.75) is 18.4 Å². The van der Waals surface area contributed by atoms with Gasteiger partial charge in [0.1, 0.15) is 4.90 Å². The number of aromatic nitrogens is 3. The summed E-state index contributed by atoms with van der Waals surface area (Å²) in [5, 5.41) is 0.829. The molecule has 0 N–H and O–H groups in total. The number of pyridine rings is 1. The molecular weight excluding hydrogens is 470 g/mol. The van der Waals surface area contributed by atoms with Crippen LogP contribution in [-0.2, 0) is 16.6 Å². The number of piperazine rings is 1. The first kappa shape index (κ1) is 22.7. The molecule has 182 valence electrons. The Kier molecular flexibility index (Phi) is 5.70. The normalized spacial score (nSPS) is 15.1. The number of nitrogens with zero attached hydrogens (tertiary/aromatic N) is 5. The number of hydrogen-bond donors (Lipinski definition) is 0. The van der Waals surface area contributed by atoms with Gasteiger partial charge in [-0.05, 0) is 36.8 Å². The van der Waals surface area contributed by atoms with Crippen LogP contribution in [0.4, 0.5) is 5.95 Å². The third-order valence-electron chi connectivity index (χ3n) is 6.78. The number of sulfonamides is 1. The highest BCUT2D eigenvalue weighted by Crippen LogP contribution is 2.28. The summed E-state index contributed by atoms with van der Waals surface area (Å²) in [7, 11) is -3.68. The van der Waals surface area contributed by atoms with Crippen molar-refractivity contribution in [3.8, 4) is 0 Å². The van der Waals surface area contributed by atoms with Crippen LogP contribution in [0.1, 0.15) is 11.3 Å². The van der Waals surface area contributed by atoms with E-state index in [9.17, 15) is 8.42 Å². The van der Waals surface area contributed by atoms with Gasteiger partial charge in [-0.3, -0.25) is 4.98 Å². The minimum absolute atomic E-state index is 0.272. The second-order valence-electron chi connectivity index (χ2n) is 9.14. The number of benzene rings is 3. The second-order valence-corrected chi connectivity index (χ2v) is 11.1. The fourth-order valence-corrected chi connectivity index (χ4v) is 6.50. The zero-order chi connectivity index (χ0) is 24.7. The van der Waals surface area contributed by atoms with E-state index in [0.29, 0.717) is 38.2 Å². The fourth-order valence-electron chi connectivity index (χ4n) is 4.92. The smallest absolute Gasteiger partial charge is 0.245 e.